The summed E-state index contributed by atoms with van der Waals surface area (Å²) in [5, 5.41) is 10.0. The Balaban J connectivity index is 2.17. The number of esters is 1. The Kier molecular flexibility index (Phi) is 3.53. The predicted octanol–water partition coefficient (Wildman–Crippen LogP) is 1.49. The van der Waals surface area contributed by atoms with Gasteiger partial charge in [0.05, 0.1) is 13.7 Å². The van der Waals surface area contributed by atoms with Gasteiger partial charge in [-0.1, -0.05) is 36.4 Å². The van der Waals surface area contributed by atoms with E-state index >= 15 is 0 Å². The smallest absolute Gasteiger partial charge is 0.321 e. The third-order valence-electron chi connectivity index (χ3n) is 3.95. The molecule has 0 bridgehead atoms. The number of hydrogen-bond acceptors (Lipinski definition) is 5. The molecule has 1 aliphatic heterocycles. The fraction of sp³-hybridized carbons (Fsp3) is 0.312. The van der Waals surface area contributed by atoms with E-state index in [-0.39, 0.29) is 6.79 Å². The first kappa shape index (κ1) is 13.9. The topological polar surface area (TPSA) is 65.0 Å². The number of benzene rings is 1. The van der Waals surface area contributed by atoms with Gasteiger partial charge in [-0.2, -0.15) is 0 Å². The first-order valence-corrected chi connectivity index (χ1v) is 6.65. The number of hydrogen-bond donors (Lipinski definition) is 1. The van der Waals surface area contributed by atoms with Crippen LogP contribution in [0.1, 0.15) is 5.56 Å². The van der Waals surface area contributed by atoms with E-state index in [0.29, 0.717) is 11.3 Å². The Labute approximate surface area is 122 Å². The van der Waals surface area contributed by atoms with Crippen LogP contribution in [0.25, 0.3) is 5.57 Å². The maximum absolute atomic E-state index is 12.5. The highest BCUT2D eigenvalue weighted by Gasteiger charge is 2.56. The molecule has 2 unspecified atom stereocenters. The third-order valence-corrected chi connectivity index (χ3v) is 3.95. The summed E-state index contributed by atoms with van der Waals surface area (Å²) < 4.78 is 15.9. The summed E-state index contributed by atoms with van der Waals surface area (Å²) in [5.41, 5.74) is 0.191. The first-order chi connectivity index (χ1) is 10.2. The van der Waals surface area contributed by atoms with Crippen molar-refractivity contribution in [3.8, 4) is 0 Å². The molecule has 0 saturated carbocycles. The van der Waals surface area contributed by atoms with Crippen LogP contribution >= 0.6 is 0 Å². The molecule has 5 nitrogen and oxygen atoms in total. The van der Waals surface area contributed by atoms with E-state index in [4.69, 9.17) is 14.2 Å². The lowest BCUT2D eigenvalue weighted by Crippen LogP contribution is -2.48. The summed E-state index contributed by atoms with van der Waals surface area (Å²) in [7, 11) is 1.30. The molecule has 1 aromatic carbocycles. The van der Waals surface area contributed by atoms with E-state index in [1.165, 1.54) is 7.11 Å². The van der Waals surface area contributed by atoms with Crippen molar-refractivity contribution in [2.45, 2.75) is 6.10 Å². The lowest BCUT2D eigenvalue weighted by Gasteiger charge is -2.37. The van der Waals surface area contributed by atoms with Gasteiger partial charge >= 0.3 is 5.97 Å². The van der Waals surface area contributed by atoms with Crippen molar-refractivity contribution in [1.82, 2.24) is 0 Å². The van der Waals surface area contributed by atoms with Crippen molar-refractivity contribution in [3.63, 3.8) is 0 Å². The Morgan fingerprint density at radius 2 is 2.14 bits per heavy atom. The van der Waals surface area contributed by atoms with Crippen molar-refractivity contribution in [3.05, 3.63) is 53.8 Å². The van der Waals surface area contributed by atoms with Gasteiger partial charge in [0.25, 0.3) is 0 Å². The Bertz CT molecular complexity index is 604. The van der Waals surface area contributed by atoms with Gasteiger partial charge in [0.1, 0.15) is 17.3 Å². The molecule has 2 atom stereocenters. The normalized spacial score (nSPS) is 27.2. The average Bonchev–Trinajstić information content (AvgIpc) is 3.03. The third kappa shape index (κ3) is 1.97. The molecular formula is C16H16O5. The van der Waals surface area contributed by atoms with Crippen LogP contribution in [0.4, 0.5) is 0 Å². The molecule has 3 rings (SSSR count). The van der Waals surface area contributed by atoms with Crippen LogP contribution in [0.2, 0.25) is 0 Å². The van der Waals surface area contributed by atoms with Crippen molar-refractivity contribution >= 4 is 11.5 Å². The summed E-state index contributed by atoms with van der Waals surface area (Å²) in [6, 6.07) is 9.41. The largest absolute Gasteiger partial charge is 0.469 e. The average molecular weight is 288 g/mol. The van der Waals surface area contributed by atoms with Crippen LogP contribution in [0.15, 0.2) is 48.2 Å². The minimum Gasteiger partial charge on any atom is -0.469 e. The van der Waals surface area contributed by atoms with E-state index in [0.717, 1.165) is 5.56 Å². The molecule has 1 aliphatic carbocycles. The quantitative estimate of drug-likeness (QED) is 0.854. The number of allylic oxidation sites excluding steroid dienone is 2. The van der Waals surface area contributed by atoms with E-state index in [2.05, 4.69) is 0 Å². The van der Waals surface area contributed by atoms with Crippen molar-refractivity contribution in [2.75, 3.05) is 20.5 Å². The summed E-state index contributed by atoms with van der Waals surface area (Å²) in [6.07, 6.45) is 2.88. The first-order valence-electron chi connectivity index (χ1n) is 6.65. The van der Waals surface area contributed by atoms with Gasteiger partial charge in [0.2, 0.25) is 0 Å². The monoisotopic (exact) mass is 288 g/mol. The van der Waals surface area contributed by atoms with Crippen LogP contribution in [-0.2, 0) is 19.0 Å². The number of aliphatic hydroxyl groups excluding tert-OH is 1. The van der Waals surface area contributed by atoms with Crippen LogP contribution in [-0.4, -0.2) is 37.7 Å². The second-order valence-corrected chi connectivity index (χ2v) is 4.95. The highest BCUT2D eigenvalue weighted by Crippen LogP contribution is 2.47. The number of fused-ring (bicyclic) bond motifs is 1. The van der Waals surface area contributed by atoms with Gasteiger partial charge in [-0.05, 0) is 17.2 Å². The van der Waals surface area contributed by atoms with Gasteiger partial charge in [-0.25, -0.2) is 0 Å². The number of ether oxygens (including phenoxy) is 3. The number of carbonyl (C=O) groups excluding carboxylic acids is 1. The molecule has 1 heterocycles. The summed E-state index contributed by atoms with van der Waals surface area (Å²) in [4.78, 5) is 12.5. The van der Waals surface area contributed by atoms with Gasteiger partial charge in [-0.15, -0.1) is 0 Å². The minimum atomic E-state index is -1.31. The van der Waals surface area contributed by atoms with Crippen LogP contribution < -0.4 is 0 Å². The van der Waals surface area contributed by atoms with Crippen LogP contribution in [0.3, 0.4) is 0 Å². The lowest BCUT2D eigenvalue weighted by molar-refractivity contribution is -0.157. The molecule has 1 saturated heterocycles. The SMILES string of the molecule is COC(=O)C1(CO)C(c2ccccc2)=CC=C2OCOC21. The molecule has 1 fully saturated rings. The zero-order valence-electron chi connectivity index (χ0n) is 11.6. The predicted molar refractivity (Wildman–Crippen MR) is 74.9 cm³/mol. The van der Waals surface area contributed by atoms with Gasteiger partial charge in [0.15, 0.2) is 6.79 Å². The molecule has 2 aliphatic rings. The zero-order valence-corrected chi connectivity index (χ0v) is 11.6. The highest BCUT2D eigenvalue weighted by molar-refractivity contribution is 5.96. The molecular weight excluding hydrogens is 272 g/mol. The lowest BCUT2D eigenvalue weighted by atomic mass is 9.70. The molecule has 1 aromatic rings. The maximum Gasteiger partial charge on any atom is 0.321 e. The Hall–Kier alpha value is -2.11. The van der Waals surface area contributed by atoms with Gasteiger partial charge < -0.3 is 19.3 Å². The Morgan fingerprint density at radius 1 is 1.38 bits per heavy atom. The minimum absolute atomic E-state index is 0.0607. The highest BCUT2D eigenvalue weighted by atomic mass is 16.7. The fourth-order valence-electron chi connectivity index (χ4n) is 2.91. The molecule has 21 heavy (non-hydrogen) atoms. The molecule has 5 heteroatoms. The maximum atomic E-state index is 12.5. The molecule has 0 radical (unpaired) electrons. The Morgan fingerprint density at radius 3 is 2.81 bits per heavy atom. The molecule has 0 spiro atoms. The van der Waals surface area contributed by atoms with Crippen molar-refractivity contribution < 1.29 is 24.1 Å². The fourth-order valence-corrected chi connectivity index (χ4v) is 2.91. The van der Waals surface area contributed by atoms with Crippen molar-refractivity contribution in [1.29, 1.82) is 0 Å². The van der Waals surface area contributed by atoms with Crippen molar-refractivity contribution in [2.24, 2.45) is 5.41 Å². The van der Waals surface area contributed by atoms with Crippen LogP contribution in [0.5, 0.6) is 0 Å². The molecule has 0 amide bonds. The second kappa shape index (κ2) is 5.35. The number of methoxy groups -OCH3 is 1. The number of aliphatic hydroxyl groups is 1. The van der Waals surface area contributed by atoms with E-state index < -0.39 is 24.1 Å². The van der Waals surface area contributed by atoms with Crippen LogP contribution in [0, 0.1) is 5.41 Å². The molecule has 0 aromatic heterocycles. The summed E-state index contributed by atoms with van der Waals surface area (Å²) in [5.74, 6) is -0.00432. The van der Waals surface area contributed by atoms with E-state index in [1.807, 2.05) is 30.3 Å². The number of carbonyl (C=O) groups is 1. The number of rotatable bonds is 3. The van der Waals surface area contributed by atoms with Gasteiger partial charge in [0, 0.05) is 0 Å². The zero-order chi connectivity index (χ0) is 14.9. The second-order valence-electron chi connectivity index (χ2n) is 4.95. The molecule has 110 valence electrons. The molecule has 1 N–H and O–H groups in total. The van der Waals surface area contributed by atoms with E-state index in [1.54, 1.807) is 12.2 Å². The standard InChI is InChI=1S/C16H16O5/c1-19-15(18)16(9-17)12(11-5-3-2-4-6-11)7-8-13-14(16)21-10-20-13/h2-8,14,17H,9-10H2,1H3. The summed E-state index contributed by atoms with van der Waals surface area (Å²) in [6.45, 7) is -0.364. The van der Waals surface area contributed by atoms with E-state index in [9.17, 15) is 9.90 Å². The summed E-state index contributed by atoms with van der Waals surface area (Å²) >= 11 is 0. The van der Waals surface area contributed by atoms with Gasteiger partial charge in [-0.3, -0.25) is 4.79 Å².